The highest BCUT2D eigenvalue weighted by Gasteiger charge is 2.16. The molecule has 4 nitrogen and oxygen atoms in total. The molecule has 150 valence electrons. The quantitative estimate of drug-likeness (QED) is 0.387. The Morgan fingerprint density at radius 3 is 2.46 bits per heavy atom. The number of nitrogens with one attached hydrogen (secondary N) is 1. The van der Waals surface area contributed by atoms with Gasteiger partial charge in [0.1, 0.15) is 0 Å². The molecule has 1 heterocycles. The zero-order valence-corrected chi connectivity index (χ0v) is 19.4. The minimum absolute atomic E-state index is 0. The van der Waals surface area contributed by atoms with Crippen molar-refractivity contribution in [2.75, 3.05) is 34.2 Å². The van der Waals surface area contributed by atoms with Crippen LogP contribution >= 0.6 is 24.0 Å². The van der Waals surface area contributed by atoms with Crippen molar-refractivity contribution in [3.8, 4) is 0 Å². The van der Waals surface area contributed by atoms with Crippen LogP contribution in [0.5, 0.6) is 0 Å². The van der Waals surface area contributed by atoms with Crippen molar-refractivity contribution in [2.45, 2.75) is 19.5 Å². The summed E-state index contributed by atoms with van der Waals surface area (Å²) < 4.78 is 0. The second-order valence-electron chi connectivity index (χ2n) is 7.25. The summed E-state index contributed by atoms with van der Waals surface area (Å²) >= 11 is 0. The number of aliphatic imine (C=N–C) groups is 1. The van der Waals surface area contributed by atoms with E-state index in [2.05, 4.69) is 94.9 Å². The Bertz CT molecular complexity index is 799. The van der Waals surface area contributed by atoms with E-state index in [9.17, 15) is 0 Å². The summed E-state index contributed by atoms with van der Waals surface area (Å²) in [5.74, 6) is 0.969. The van der Waals surface area contributed by atoms with Crippen LogP contribution in [0, 0.1) is 0 Å². The highest BCUT2D eigenvalue weighted by atomic mass is 127. The van der Waals surface area contributed by atoms with Crippen LogP contribution in [0.25, 0.3) is 5.57 Å². The van der Waals surface area contributed by atoms with Gasteiger partial charge >= 0.3 is 0 Å². The molecule has 0 aromatic heterocycles. The zero-order valence-electron chi connectivity index (χ0n) is 17.1. The van der Waals surface area contributed by atoms with Gasteiger partial charge in [-0.3, -0.25) is 4.99 Å². The fourth-order valence-electron chi connectivity index (χ4n) is 3.49. The zero-order chi connectivity index (χ0) is 19.1. The van der Waals surface area contributed by atoms with E-state index in [4.69, 9.17) is 0 Å². The summed E-state index contributed by atoms with van der Waals surface area (Å²) in [6.07, 6.45) is 3.37. The summed E-state index contributed by atoms with van der Waals surface area (Å²) in [5, 5.41) is 3.52. The van der Waals surface area contributed by atoms with Crippen molar-refractivity contribution in [2.24, 2.45) is 4.99 Å². The Morgan fingerprint density at radius 2 is 1.82 bits per heavy atom. The molecule has 1 aliphatic heterocycles. The first-order chi connectivity index (χ1) is 13.2. The lowest BCUT2D eigenvalue weighted by atomic mass is 10.00. The number of hydrogen-bond donors (Lipinski definition) is 1. The Hall–Kier alpha value is -1.86. The normalized spacial score (nSPS) is 14.5. The average molecular weight is 490 g/mol. The van der Waals surface area contributed by atoms with E-state index in [-0.39, 0.29) is 24.0 Å². The Morgan fingerprint density at radius 1 is 1.07 bits per heavy atom. The maximum Gasteiger partial charge on any atom is 0.194 e. The Kier molecular flexibility index (Phi) is 8.99. The van der Waals surface area contributed by atoms with Gasteiger partial charge in [0.2, 0.25) is 0 Å². The van der Waals surface area contributed by atoms with E-state index in [1.165, 1.54) is 22.3 Å². The van der Waals surface area contributed by atoms with Crippen LogP contribution in [0.2, 0.25) is 0 Å². The van der Waals surface area contributed by atoms with E-state index >= 15 is 0 Å². The first-order valence-electron chi connectivity index (χ1n) is 9.58. The van der Waals surface area contributed by atoms with Crippen molar-refractivity contribution in [3.05, 3.63) is 77.4 Å². The first kappa shape index (κ1) is 22.4. The summed E-state index contributed by atoms with van der Waals surface area (Å²) in [7, 11) is 6.06. The van der Waals surface area contributed by atoms with Gasteiger partial charge in [0.05, 0.1) is 0 Å². The molecule has 1 aliphatic rings. The molecular weight excluding hydrogens is 459 g/mol. The fraction of sp³-hybridized carbons (Fsp3) is 0.348. The molecule has 0 unspecified atom stereocenters. The minimum atomic E-state index is 0. The fourth-order valence-corrected chi connectivity index (χ4v) is 3.49. The smallest absolute Gasteiger partial charge is 0.194 e. The Labute approximate surface area is 186 Å². The van der Waals surface area contributed by atoms with Crippen molar-refractivity contribution >= 4 is 35.5 Å². The maximum atomic E-state index is 4.49. The number of guanidine groups is 1. The molecular formula is C23H31IN4. The van der Waals surface area contributed by atoms with Gasteiger partial charge in [0.25, 0.3) is 0 Å². The number of halogens is 1. The minimum Gasteiger partial charge on any atom is -0.352 e. The number of hydrogen-bond acceptors (Lipinski definition) is 2. The van der Waals surface area contributed by atoms with Crippen LogP contribution < -0.4 is 5.32 Å². The summed E-state index contributed by atoms with van der Waals surface area (Å²) in [6, 6.07) is 19.4. The van der Waals surface area contributed by atoms with Crippen molar-refractivity contribution in [1.29, 1.82) is 0 Å². The van der Waals surface area contributed by atoms with Gasteiger partial charge in [-0.05, 0) is 42.8 Å². The van der Waals surface area contributed by atoms with Gasteiger partial charge in [-0.15, -0.1) is 24.0 Å². The molecule has 28 heavy (non-hydrogen) atoms. The van der Waals surface area contributed by atoms with Gasteiger partial charge < -0.3 is 15.1 Å². The van der Waals surface area contributed by atoms with Crippen LogP contribution in [0.15, 0.2) is 65.7 Å². The highest BCUT2D eigenvalue weighted by Crippen LogP contribution is 2.22. The maximum absolute atomic E-state index is 4.49. The lowest BCUT2D eigenvalue weighted by molar-refractivity contribution is 0.402. The summed E-state index contributed by atoms with van der Waals surface area (Å²) in [6.45, 7) is 3.63. The third kappa shape index (κ3) is 6.34. The number of rotatable bonds is 5. The number of benzene rings is 2. The van der Waals surface area contributed by atoms with Gasteiger partial charge in [-0.1, -0.05) is 60.7 Å². The SMILES string of the molecule is CN=C(NCc1cccc(CN(C)C)c1)N1CC=C(c2ccccc2)CC1.I. The molecule has 3 rings (SSSR count). The van der Waals surface area contributed by atoms with Gasteiger partial charge in [-0.2, -0.15) is 0 Å². The van der Waals surface area contributed by atoms with Crippen LogP contribution in [-0.4, -0.2) is 50.0 Å². The lowest BCUT2D eigenvalue weighted by Gasteiger charge is -2.30. The highest BCUT2D eigenvalue weighted by molar-refractivity contribution is 14.0. The molecule has 0 spiro atoms. The molecule has 0 radical (unpaired) electrons. The predicted molar refractivity (Wildman–Crippen MR) is 130 cm³/mol. The summed E-state index contributed by atoms with van der Waals surface area (Å²) in [4.78, 5) is 9.00. The van der Waals surface area contributed by atoms with Gasteiger partial charge in [0, 0.05) is 33.2 Å². The average Bonchev–Trinajstić information content (AvgIpc) is 2.69. The van der Waals surface area contributed by atoms with Crippen molar-refractivity contribution in [3.63, 3.8) is 0 Å². The molecule has 0 saturated carbocycles. The standard InChI is InChI=1S/C23H30N4.HI/c1-24-23(25-17-19-8-7-9-20(16-19)18-26(2)3)27-14-12-22(13-15-27)21-10-5-4-6-11-21;/h4-12,16H,13-15,17-18H2,1-3H3,(H,24,25);1H. The second-order valence-corrected chi connectivity index (χ2v) is 7.25. The van der Waals surface area contributed by atoms with Crippen LogP contribution in [-0.2, 0) is 13.1 Å². The molecule has 2 aromatic carbocycles. The van der Waals surface area contributed by atoms with E-state index < -0.39 is 0 Å². The molecule has 0 atom stereocenters. The van der Waals surface area contributed by atoms with Crippen LogP contribution in [0.1, 0.15) is 23.1 Å². The molecule has 0 amide bonds. The van der Waals surface area contributed by atoms with Gasteiger partial charge in [0.15, 0.2) is 5.96 Å². The monoisotopic (exact) mass is 490 g/mol. The first-order valence-corrected chi connectivity index (χ1v) is 9.58. The predicted octanol–water partition coefficient (Wildman–Crippen LogP) is 4.23. The molecule has 0 bridgehead atoms. The summed E-state index contributed by atoms with van der Waals surface area (Å²) in [5.41, 5.74) is 5.38. The van der Waals surface area contributed by atoms with Crippen molar-refractivity contribution in [1.82, 2.24) is 15.1 Å². The third-order valence-corrected chi connectivity index (χ3v) is 4.81. The number of nitrogens with zero attached hydrogens (tertiary/aromatic N) is 3. The Balaban J connectivity index is 0.00000280. The lowest BCUT2D eigenvalue weighted by Crippen LogP contribution is -2.43. The largest absolute Gasteiger partial charge is 0.352 e. The molecule has 0 aliphatic carbocycles. The molecule has 0 fully saturated rings. The molecule has 5 heteroatoms. The van der Waals surface area contributed by atoms with E-state index in [1.807, 2.05) is 7.05 Å². The molecule has 2 aromatic rings. The third-order valence-electron chi connectivity index (χ3n) is 4.81. The van der Waals surface area contributed by atoms with Gasteiger partial charge in [-0.25, -0.2) is 0 Å². The topological polar surface area (TPSA) is 30.9 Å². The second kappa shape index (κ2) is 11.2. The molecule has 1 N–H and O–H groups in total. The van der Waals surface area contributed by atoms with Crippen molar-refractivity contribution < 1.29 is 0 Å². The van der Waals surface area contributed by atoms with Crippen LogP contribution in [0.4, 0.5) is 0 Å². The van der Waals surface area contributed by atoms with E-state index in [1.54, 1.807) is 0 Å². The van der Waals surface area contributed by atoms with Crippen LogP contribution in [0.3, 0.4) is 0 Å². The van der Waals surface area contributed by atoms with E-state index in [0.29, 0.717) is 0 Å². The molecule has 0 saturated heterocycles. The van der Waals surface area contributed by atoms with E-state index in [0.717, 1.165) is 38.6 Å².